The van der Waals surface area contributed by atoms with Crippen LogP contribution in [0.1, 0.15) is 25.0 Å². The second-order valence-corrected chi connectivity index (χ2v) is 8.63. The number of rotatable bonds is 9. The normalized spacial score (nSPS) is 12.8. The highest BCUT2D eigenvalue weighted by Gasteiger charge is 2.23. The van der Waals surface area contributed by atoms with Crippen molar-refractivity contribution < 1.29 is 9.84 Å². The summed E-state index contributed by atoms with van der Waals surface area (Å²) in [5.74, 6) is 3.85. The second kappa shape index (κ2) is 9.70. The quantitative estimate of drug-likeness (QED) is 0.520. The number of thiol groups is 2. The van der Waals surface area contributed by atoms with Crippen LogP contribution < -0.4 is 4.74 Å². The first-order chi connectivity index (χ1) is 12.0. The van der Waals surface area contributed by atoms with Crippen LogP contribution >= 0.6 is 37.0 Å². The zero-order valence-electron chi connectivity index (χ0n) is 14.7. The Labute approximate surface area is 166 Å². The molecule has 1 N–H and O–H groups in total. The van der Waals surface area contributed by atoms with Crippen molar-refractivity contribution in [1.29, 1.82) is 0 Å². The molecule has 0 fully saturated rings. The van der Waals surface area contributed by atoms with Crippen LogP contribution in [0.25, 0.3) is 0 Å². The number of phenols is 1. The summed E-state index contributed by atoms with van der Waals surface area (Å²) >= 11 is 10.5. The largest absolute Gasteiger partial charge is 0.508 e. The van der Waals surface area contributed by atoms with Gasteiger partial charge in [-0.1, -0.05) is 38.1 Å². The van der Waals surface area contributed by atoms with Crippen LogP contribution in [0, 0.1) is 0 Å². The van der Waals surface area contributed by atoms with E-state index in [-0.39, 0.29) is 11.2 Å². The lowest BCUT2D eigenvalue weighted by molar-refractivity contribution is 0.323. The molecule has 0 spiro atoms. The Hall–Kier alpha value is -0.910. The van der Waals surface area contributed by atoms with E-state index < -0.39 is 0 Å². The first kappa shape index (κ1) is 20.4. The summed E-state index contributed by atoms with van der Waals surface area (Å²) in [6, 6.07) is 15.7. The van der Waals surface area contributed by atoms with Crippen LogP contribution in [0.3, 0.4) is 0 Å². The van der Waals surface area contributed by atoms with Gasteiger partial charge in [-0.05, 0) is 41.1 Å². The summed E-state index contributed by atoms with van der Waals surface area (Å²) in [5, 5.41) is 9.86. The lowest BCUT2D eigenvalue weighted by Gasteiger charge is -2.26. The fraction of sp³-hybridized carbons (Fsp3) is 0.400. The summed E-state index contributed by atoms with van der Waals surface area (Å²) in [6.45, 7) is 5.02. The molecular weight excluding hydrogens is 368 g/mol. The average Bonchev–Trinajstić information content (AvgIpc) is 2.62. The minimum absolute atomic E-state index is 0.137. The van der Waals surface area contributed by atoms with Crippen molar-refractivity contribution in [1.82, 2.24) is 0 Å². The molecule has 0 radical (unpaired) electrons. The minimum atomic E-state index is -0.137. The average molecular weight is 395 g/mol. The Morgan fingerprint density at radius 3 is 2.08 bits per heavy atom. The third-order valence-electron chi connectivity index (χ3n) is 4.25. The van der Waals surface area contributed by atoms with Crippen LogP contribution in [0.15, 0.2) is 48.5 Å². The van der Waals surface area contributed by atoms with Crippen molar-refractivity contribution >= 4 is 37.0 Å². The number of hydrogen-bond acceptors (Lipinski definition) is 5. The minimum Gasteiger partial charge on any atom is -0.508 e. The molecule has 0 amide bonds. The van der Waals surface area contributed by atoms with E-state index in [9.17, 15) is 5.11 Å². The van der Waals surface area contributed by atoms with Crippen molar-refractivity contribution in [3.63, 3.8) is 0 Å². The first-order valence-electron chi connectivity index (χ1n) is 8.33. The Bertz CT molecular complexity index is 639. The van der Waals surface area contributed by atoms with E-state index in [1.165, 1.54) is 5.56 Å². The number of aromatic hydroxyl groups is 1. The van der Waals surface area contributed by atoms with Gasteiger partial charge in [-0.15, -0.1) is 0 Å². The maximum absolute atomic E-state index is 9.48. The monoisotopic (exact) mass is 394 g/mol. The topological polar surface area (TPSA) is 29.5 Å². The molecule has 5 heteroatoms. The van der Waals surface area contributed by atoms with E-state index in [1.54, 1.807) is 12.1 Å². The number of phenolic OH excluding ortho intramolecular Hbond substituents is 1. The molecule has 0 saturated carbocycles. The van der Waals surface area contributed by atoms with Crippen LogP contribution in [-0.4, -0.2) is 34.2 Å². The van der Waals surface area contributed by atoms with Gasteiger partial charge in [-0.3, -0.25) is 0 Å². The molecule has 1 unspecified atom stereocenters. The van der Waals surface area contributed by atoms with Crippen molar-refractivity contribution in [2.45, 2.75) is 24.5 Å². The molecule has 0 aliphatic rings. The Balaban J connectivity index is 2.02. The van der Waals surface area contributed by atoms with Gasteiger partial charge in [0.1, 0.15) is 18.1 Å². The number of thioether (sulfide) groups is 1. The highest BCUT2D eigenvalue weighted by atomic mass is 32.2. The Morgan fingerprint density at radius 2 is 1.56 bits per heavy atom. The smallest absolute Gasteiger partial charge is 0.119 e. The van der Waals surface area contributed by atoms with Crippen LogP contribution in [0.5, 0.6) is 11.5 Å². The third-order valence-corrected chi connectivity index (χ3v) is 6.68. The zero-order valence-corrected chi connectivity index (χ0v) is 17.3. The SMILES string of the molecule is CC(C)(c1ccc(O)cc1)c1ccc(OCC(CS)SCCS)cc1. The predicted octanol–water partition coefficient (Wildman–Crippen LogP) is 5.06. The molecule has 2 aromatic carbocycles. The van der Waals surface area contributed by atoms with Crippen LogP contribution in [0.2, 0.25) is 0 Å². The summed E-state index contributed by atoms with van der Waals surface area (Å²) < 4.78 is 5.92. The van der Waals surface area contributed by atoms with Gasteiger partial charge in [0.2, 0.25) is 0 Å². The first-order valence-corrected chi connectivity index (χ1v) is 10.6. The van der Waals surface area contributed by atoms with Crippen molar-refractivity contribution in [2.75, 3.05) is 23.9 Å². The van der Waals surface area contributed by atoms with Crippen molar-refractivity contribution in [3.05, 3.63) is 59.7 Å². The van der Waals surface area contributed by atoms with Crippen LogP contribution in [0.4, 0.5) is 0 Å². The molecule has 2 rings (SSSR count). The molecule has 0 aliphatic carbocycles. The van der Waals surface area contributed by atoms with Gasteiger partial charge in [0.05, 0.1) is 0 Å². The lowest BCUT2D eigenvalue weighted by Crippen LogP contribution is -2.19. The van der Waals surface area contributed by atoms with Gasteiger partial charge < -0.3 is 9.84 Å². The van der Waals surface area contributed by atoms with Gasteiger partial charge in [-0.25, -0.2) is 0 Å². The van der Waals surface area contributed by atoms with Crippen LogP contribution in [-0.2, 0) is 5.41 Å². The molecular formula is C20H26O2S3. The summed E-state index contributed by atoms with van der Waals surface area (Å²) in [7, 11) is 0. The predicted molar refractivity (Wildman–Crippen MR) is 116 cm³/mol. The highest BCUT2D eigenvalue weighted by Crippen LogP contribution is 2.33. The summed E-state index contributed by atoms with van der Waals surface area (Å²) in [6.07, 6.45) is 0. The lowest BCUT2D eigenvalue weighted by atomic mass is 9.78. The fourth-order valence-electron chi connectivity index (χ4n) is 2.57. The van der Waals surface area contributed by atoms with Gasteiger partial charge in [-0.2, -0.15) is 37.0 Å². The van der Waals surface area contributed by atoms with Crippen molar-refractivity contribution in [3.8, 4) is 11.5 Å². The van der Waals surface area contributed by atoms with Gasteiger partial charge in [0.25, 0.3) is 0 Å². The molecule has 0 heterocycles. The number of benzene rings is 2. The van der Waals surface area contributed by atoms with E-state index in [2.05, 4.69) is 51.2 Å². The maximum Gasteiger partial charge on any atom is 0.119 e. The van der Waals surface area contributed by atoms with E-state index in [1.807, 2.05) is 36.0 Å². The molecule has 2 nitrogen and oxygen atoms in total. The molecule has 0 bridgehead atoms. The highest BCUT2D eigenvalue weighted by molar-refractivity contribution is 8.01. The standard InChI is InChI=1S/C20H26O2S3/c1-20(2,15-3-7-17(21)8-4-15)16-5-9-18(10-6-16)22-13-19(14-24)25-12-11-23/h3-10,19,21,23-24H,11-14H2,1-2H3. The third kappa shape index (κ3) is 5.80. The van der Waals surface area contributed by atoms with E-state index in [4.69, 9.17) is 4.74 Å². The van der Waals surface area contributed by atoms with E-state index in [0.29, 0.717) is 11.9 Å². The van der Waals surface area contributed by atoms with Gasteiger partial charge >= 0.3 is 0 Å². The molecule has 2 aromatic rings. The Morgan fingerprint density at radius 1 is 1.00 bits per heavy atom. The molecule has 0 saturated heterocycles. The van der Waals surface area contributed by atoms with Gasteiger partial charge in [0, 0.05) is 22.2 Å². The maximum atomic E-state index is 9.48. The second-order valence-electron chi connectivity index (χ2n) is 6.41. The van der Waals surface area contributed by atoms with E-state index >= 15 is 0 Å². The van der Waals surface area contributed by atoms with Crippen molar-refractivity contribution in [2.24, 2.45) is 0 Å². The summed E-state index contributed by atoms with van der Waals surface area (Å²) in [4.78, 5) is 0. The molecule has 25 heavy (non-hydrogen) atoms. The van der Waals surface area contributed by atoms with Gasteiger partial charge in [0.15, 0.2) is 0 Å². The molecule has 0 aliphatic heterocycles. The van der Waals surface area contributed by atoms with E-state index in [0.717, 1.165) is 28.6 Å². The molecule has 0 aromatic heterocycles. The number of hydrogen-bond donors (Lipinski definition) is 3. The molecule has 1 atom stereocenters. The number of ether oxygens (including phenoxy) is 1. The summed E-state index contributed by atoms with van der Waals surface area (Å²) in [5.41, 5.74) is 2.24. The fourth-order valence-corrected chi connectivity index (χ4v) is 4.02. The Kier molecular flexibility index (Phi) is 7.91. The zero-order chi connectivity index (χ0) is 18.3. The molecule has 136 valence electrons.